The molecular formula is C21H22N4O5S2. The van der Waals surface area contributed by atoms with E-state index in [2.05, 4.69) is 20.2 Å². The lowest BCUT2D eigenvalue weighted by molar-refractivity contribution is 0.102. The summed E-state index contributed by atoms with van der Waals surface area (Å²) in [5.41, 5.74) is 0.537. The van der Waals surface area contributed by atoms with Gasteiger partial charge < -0.3 is 9.47 Å². The van der Waals surface area contributed by atoms with Gasteiger partial charge in [0.1, 0.15) is 5.01 Å². The summed E-state index contributed by atoms with van der Waals surface area (Å²) < 4.78 is 39.4. The quantitative estimate of drug-likeness (QED) is 0.556. The average molecular weight is 475 g/mol. The molecule has 1 amide bonds. The molecule has 1 aliphatic heterocycles. The Morgan fingerprint density at radius 2 is 1.84 bits per heavy atom. The first kappa shape index (κ1) is 22.0. The van der Waals surface area contributed by atoms with Gasteiger partial charge in [-0.15, -0.1) is 10.2 Å². The van der Waals surface area contributed by atoms with Crippen molar-refractivity contribution in [3.63, 3.8) is 0 Å². The van der Waals surface area contributed by atoms with E-state index in [9.17, 15) is 13.2 Å². The topological polar surface area (TPSA) is 120 Å². The van der Waals surface area contributed by atoms with Crippen LogP contribution in [0.25, 0.3) is 0 Å². The van der Waals surface area contributed by atoms with Crippen molar-refractivity contribution in [3.8, 4) is 11.5 Å². The number of fused-ring (bicyclic) bond motifs is 1. The van der Waals surface area contributed by atoms with E-state index in [-0.39, 0.29) is 22.1 Å². The Kier molecular flexibility index (Phi) is 6.28. The van der Waals surface area contributed by atoms with Gasteiger partial charge in [-0.3, -0.25) is 14.8 Å². The van der Waals surface area contributed by atoms with Gasteiger partial charge in [-0.05, 0) is 30.3 Å². The smallest absolute Gasteiger partial charge is 0.262 e. The van der Waals surface area contributed by atoms with Crippen LogP contribution in [0, 0.1) is 0 Å². The number of hydrogen-bond acceptors (Lipinski definition) is 8. The molecule has 168 valence electrons. The molecule has 9 nitrogen and oxygen atoms in total. The van der Waals surface area contributed by atoms with Crippen LogP contribution >= 0.6 is 11.3 Å². The van der Waals surface area contributed by atoms with Crippen molar-refractivity contribution >= 4 is 38.1 Å². The molecule has 0 saturated carbocycles. The van der Waals surface area contributed by atoms with Crippen LogP contribution < -0.4 is 19.5 Å². The van der Waals surface area contributed by atoms with Crippen molar-refractivity contribution in [3.05, 3.63) is 53.0 Å². The van der Waals surface area contributed by atoms with E-state index in [1.54, 1.807) is 24.3 Å². The van der Waals surface area contributed by atoms with Crippen molar-refractivity contribution in [2.75, 3.05) is 23.3 Å². The van der Waals surface area contributed by atoms with Crippen molar-refractivity contribution < 1.29 is 22.7 Å². The molecule has 2 heterocycles. The number of hydrogen-bond donors (Lipinski definition) is 2. The number of amides is 1. The molecule has 4 rings (SSSR count). The van der Waals surface area contributed by atoms with Crippen molar-refractivity contribution in [1.82, 2.24) is 10.2 Å². The summed E-state index contributed by atoms with van der Waals surface area (Å²) in [4.78, 5) is 12.6. The van der Waals surface area contributed by atoms with Gasteiger partial charge in [-0.2, -0.15) is 0 Å². The van der Waals surface area contributed by atoms with Gasteiger partial charge in [0.05, 0.1) is 18.1 Å². The fraction of sp³-hybridized carbons (Fsp3) is 0.286. The molecule has 0 spiro atoms. The van der Waals surface area contributed by atoms with Crippen LogP contribution in [-0.4, -0.2) is 37.7 Å². The third kappa shape index (κ3) is 5.00. The van der Waals surface area contributed by atoms with Gasteiger partial charge >= 0.3 is 0 Å². The molecule has 0 saturated heterocycles. The molecule has 0 fully saturated rings. The molecule has 32 heavy (non-hydrogen) atoms. The van der Waals surface area contributed by atoms with Crippen LogP contribution in [0.2, 0.25) is 0 Å². The lowest BCUT2D eigenvalue weighted by atomic mass is 10.2. The molecule has 0 radical (unpaired) electrons. The van der Waals surface area contributed by atoms with E-state index in [4.69, 9.17) is 9.47 Å². The van der Waals surface area contributed by atoms with Crippen molar-refractivity contribution in [2.24, 2.45) is 0 Å². The number of nitrogens with zero attached hydrogens (tertiary/aromatic N) is 2. The number of sulfonamides is 1. The van der Waals surface area contributed by atoms with Crippen LogP contribution in [-0.2, 0) is 10.0 Å². The number of rotatable bonds is 6. The molecule has 0 unspecified atom stereocenters. The van der Waals surface area contributed by atoms with E-state index in [0.29, 0.717) is 29.8 Å². The summed E-state index contributed by atoms with van der Waals surface area (Å²) in [5.74, 6) is 0.697. The van der Waals surface area contributed by atoms with Gasteiger partial charge in [0, 0.05) is 29.7 Å². The van der Waals surface area contributed by atoms with Gasteiger partial charge in [0.2, 0.25) is 5.13 Å². The minimum Gasteiger partial charge on any atom is -0.490 e. The summed E-state index contributed by atoms with van der Waals surface area (Å²) >= 11 is 1.30. The first-order valence-corrected chi connectivity index (χ1v) is 12.3. The first-order valence-electron chi connectivity index (χ1n) is 9.99. The fourth-order valence-electron chi connectivity index (χ4n) is 2.94. The number of benzene rings is 2. The minimum absolute atomic E-state index is 0.0340. The number of anilines is 2. The number of aromatic nitrogens is 2. The Bertz CT molecular complexity index is 1240. The predicted molar refractivity (Wildman–Crippen MR) is 121 cm³/mol. The summed E-state index contributed by atoms with van der Waals surface area (Å²) in [6.45, 7) is 4.95. The number of carbonyl (C=O) groups excluding carboxylic acids is 1. The largest absolute Gasteiger partial charge is 0.490 e. The average Bonchev–Trinajstić information content (AvgIpc) is 3.10. The second-order valence-electron chi connectivity index (χ2n) is 7.40. The maximum atomic E-state index is 12.9. The maximum absolute atomic E-state index is 12.9. The highest BCUT2D eigenvalue weighted by Gasteiger charge is 2.20. The summed E-state index contributed by atoms with van der Waals surface area (Å²) in [7, 11) is -3.90. The Morgan fingerprint density at radius 3 is 2.59 bits per heavy atom. The molecule has 2 aromatic carbocycles. The van der Waals surface area contributed by atoms with Gasteiger partial charge in [-0.1, -0.05) is 31.3 Å². The summed E-state index contributed by atoms with van der Waals surface area (Å²) in [6.07, 6.45) is 0.722. The first-order chi connectivity index (χ1) is 15.3. The highest BCUT2D eigenvalue weighted by atomic mass is 32.2. The molecule has 2 N–H and O–H groups in total. The molecule has 11 heteroatoms. The van der Waals surface area contributed by atoms with Crippen molar-refractivity contribution in [1.29, 1.82) is 0 Å². The molecule has 1 aromatic heterocycles. The monoisotopic (exact) mass is 474 g/mol. The predicted octanol–water partition coefficient (Wildman–Crippen LogP) is 3.88. The highest BCUT2D eigenvalue weighted by Crippen LogP contribution is 2.32. The normalized spacial score (nSPS) is 13.5. The number of nitrogens with one attached hydrogen (secondary N) is 2. The molecule has 0 atom stereocenters. The van der Waals surface area contributed by atoms with Crippen molar-refractivity contribution in [2.45, 2.75) is 31.1 Å². The minimum atomic E-state index is -3.90. The Balaban J connectivity index is 1.50. The van der Waals surface area contributed by atoms with Gasteiger partial charge in [-0.25, -0.2) is 8.42 Å². The second kappa shape index (κ2) is 9.13. The molecular weight excluding hydrogens is 452 g/mol. The third-order valence-electron chi connectivity index (χ3n) is 4.56. The van der Waals surface area contributed by atoms with Gasteiger partial charge in [0.25, 0.3) is 15.9 Å². The lowest BCUT2D eigenvalue weighted by Gasteiger charge is -2.12. The number of ether oxygens (including phenoxy) is 2. The van der Waals surface area contributed by atoms with Gasteiger partial charge in [0.15, 0.2) is 11.5 Å². The van der Waals surface area contributed by atoms with E-state index in [1.807, 2.05) is 13.8 Å². The summed E-state index contributed by atoms with van der Waals surface area (Å²) in [5, 5.41) is 11.9. The van der Waals surface area contributed by atoms with E-state index in [0.717, 1.165) is 11.4 Å². The third-order valence-corrected chi connectivity index (χ3v) is 7.08. The zero-order valence-corrected chi connectivity index (χ0v) is 19.1. The zero-order chi connectivity index (χ0) is 22.7. The van der Waals surface area contributed by atoms with E-state index < -0.39 is 15.9 Å². The van der Waals surface area contributed by atoms with Crippen LogP contribution in [0.3, 0.4) is 0 Å². The lowest BCUT2D eigenvalue weighted by Crippen LogP contribution is -2.15. The Morgan fingerprint density at radius 1 is 1.06 bits per heavy atom. The fourth-order valence-corrected chi connectivity index (χ4v) is 4.74. The molecule has 3 aromatic rings. The van der Waals surface area contributed by atoms with E-state index >= 15 is 0 Å². The van der Waals surface area contributed by atoms with Crippen LogP contribution in [0.1, 0.15) is 41.6 Å². The summed E-state index contributed by atoms with van der Waals surface area (Å²) in [6, 6.07) is 10.7. The molecule has 0 bridgehead atoms. The highest BCUT2D eigenvalue weighted by molar-refractivity contribution is 7.92. The molecule has 0 aliphatic carbocycles. The SMILES string of the molecule is CC(C)c1nnc(NC(=O)c2cccc(NS(=O)(=O)c3ccc4c(c3)OCCCO4)c2)s1. The zero-order valence-electron chi connectivity index (χ0n) is 17.5. The Hall–Kier alpha value is -3.18. The van der Waals surface area contributed by atoms with Crippen LogP contribution in [0.15, 0.2) is 47.4 Å². The number of carbonyl (C=O) groups is 1. The van der Waals surface area contributed by atoms with Crippen LogP contribution in [0.5, 0.6) is 11.5 Å². The van der Waals surface area contributed by atoms with E-state index in [1.165, 1.54) is 29.5 Å². The maximum Gasteiger partial charge on any atom is 0.262 e. The Labute approximate surface area is 189 Å². The standard InChI is InChI=1S/C21H22N4O5S2/c1-13(2)20-23-24-21(31-20)22-19(26)14-5-3-6-15(11-14)25-32(27,28)16-7-8-17-18(12-16)30-10-4-9-29-17/h3,5-8,11-13,25H,4,9-10H2,1-2H3,(H,22,24,26). The second-order valence-corrected chi connectivity index (χ2v) is 10.1. The molecule has 1 aliphatic rings. The van der Waals surface area contributed by atoms with Crippen LogP contribution in [0.4, 0.5) is 10.8 Å².